The van der Waals surface area contributed by atoms with Gasteiger partial charge < -0.3 is 9.47 Å². The fourth-order valence-electron chi connectivity index (χ4n) is 3.58. The number of hydrogen-bond acceptors (Lipinski definition) is 4. The number of benzene rings is 2. The Labute approximate surface area is 162 Å². The molecule has 144 valence electrons. The molecule has 1 fully saturated rings. The first-order valence-corrected chi connectivity index (χ1v) is 9.81. The summed E-state index contributed by atoms with van der Waals surface area (Å²) >= 11 is 0. The molecule has 0 aromatic heterocycles. The summed E-state index contributed by atoms with van der Waals surface area (Å²) in [6.45, 7) is 8.50. The number of likely N-dealkylation sites (tertiary alicyclic amines) is 1. The Balaban J connectivity index is 1.83. The van der Waals surface area contributed by atoms with Gasteiger partial charge in [0.15, 0.2) is 11.9 Å². The Morgan fingerprint density at radius 1 is 1.04 bits per heavy atom. The molecule has 1 heterocycles. The van der Waals surface area contributed by atoms with E-state index in [1.54, 1.807) is 0 Å². The van der Waals surface area contributed by atoms with Gasteiger partial charge in [-0.3, -0.25) is 9.69 Å². The molecule has 2 aromatic carbocycles. The number of piperidine rings is 1. The molecule has 0 N–H and O–H groups in total. The Kier molecular flexibility index (Phi) is 6.51. The van der Waals surface area contributed by atoms with Crippen LogP contribution in [0.3, 0.4) is 0 Å². The van der Waals surface area contributed by atoms with E-state index in [0.29, 0.717) is 6.54 Å². The van der Waals surface area contributed by atoms with E-state index in [4.69, 9.17) is 9.47 Å². The molecule has 2 unspecified atom stereocenters. The van der Waals surface area contributed by atoms with Crippen molar-refractivity contribution in [1.82, 2.24) is 4.90 Å². The molecular formula is C23H29NO3. The van der Waals surface area contributed by atoms with Gasteiger partial charge in [-0.25, -0.2) is 0 Å². The van der Waals surface area contributed by atoms with Crippen molar-refractivity contribution in [2.24, 2.45) is 0 Å². The third kappa shape index (κ3) is 5.10. The summed E-state index contributed by atoms with van der Waals surface area (Å²) in [5.41, 5.74) is 1.00. The summed E-state index contributed by atoms with van der Waals surface area (Å²) < 4.78 is 11.9. The van der Waals surface area contributed by atoms with Crippen LogP contribution in [0.15, 0.2) is 54.6 Å². The van der Waals surface area contributed by atoms with Crippen LogP contribution in [0.2, 0.25) is 0 Å². The molecule has 4 heteroatoms. The maximum atomic E-state index is 13.2. The van der Waals surface area contributed by atoms with Gasteiger partial charge in [-0.2, -0.15) is 0 Å². The number of Topliss-reactive ketones (excluding diaryl/α,β-unsaturated/α-hetero) is 1. The van der Waals surface area contributed by atoms with Crippen LogP contribution >= 0.6 is 0 Å². The highest BCUT2D eigenvalue weighted by Crippen LogP contribution is 2.29. The summed E-state index contributed by atoms with van der Waals surface area (Å²) in [6, 6.07) is 17.5. The molecule has 4 nitrogen and oxygen atoms in total. The van der Waals surface area contributed by atoms with Crippen LogP contribution in [0.4, 0.5) is 0 Å². The summed E-state index contributed by atoms with van der Waals surface area (Å²) in [5.74, 6) is 1.50. The third-order valence-corrected chi connectivity index (χ3v) is 4.72. The molecule has 3 rings (SSSR count). The Morgan fingerprint density at radius 3 is 2.48 bits per heavy atom. The molecule has 2 atom stereocenters. The molecule has 27 heavy (non-hydrogen) atoms. The number of carbonyl (C=O) groups excluding carboxylic acids is 1. The maximum absolute atomic E-state index is 13.2. The monoisotopic (exact) mass is 367 g/mol. The van der Waals surface area contributed by atoms with E-state index in [1.807, 2.05) is 68.4 Å². The zero-order valence-electron chi connectivity index (χ0n) is 16.4. The van der Waals surface area contributed by atoms with Crippen LogP contribution in [0.1, 0.15) is 38.7 Å². The topological polar surface area (TPSA) is 38.8 Å². The zero-order valence-corrected chi connectivity index (χ0v) is 16.4. The molecule has 0 aliphatic carbocycles. The third-order valence-electron chi connectivity index (χ3n) is 4.72. The largest absolute Gasteiger partial charge is 0.491 e. The second kappa shape index (κ2) is 9.05. The summed E-state index contributed by atoms with van der Waals surface area (Å²) in [7, 11) is 0. The predicted molar refractivity (Wildman–Crippen MR) is 108 cm³/mol. The lowest BCUT2D eigenvalue weighted by Gasteiger charge is -2.36. The van der Waals surface area contributed by atoms with Gasteiger partial charge in [0.1, 0.15) is 11.5 Å². The van der Waals surface area contributed by atoms with E-state index >= 15 is 0 Å². The highest BCUT2D eigenvalue weighted by molar-refractivity contribution is 5.91. The van der Waals surface area contributed by atoms with Gasteiger partial charge in [-0.05, 0) is 56.6 Å². The number of para-hydroxylation sites is 1. The van der Waals surface area contributed by atoms with Crippen LogP contribution in [0.25, 0.3) is 0 Å². The van der Waals surface area contributed by atoms with Crippen molar-refractivity contribution in [3.05, 3.63) is 60.2 Å². The number of hydrogen-bond donors (Lipinski definition) is 0. The highest BCUT2D eigenvalue weighted by atomic mass is 16.5. The van der Waals surface area contributed by atoms with Gasteiger partial charge in [-0.1, -0.05) is 37.3 Å². The van der Waals surface area contributed by atoms with Gasteiger partial charge in [0.25, 0.3) is 0 Å². The van der Waals surface area contributed by atoms with Crippen molar-refractivity contribution in [3.63, 3.8) is 0 Å². The molecule has 0 spiro atoms. The predicted octanol–water partition coefficient (Wildman–Crippen LogP) is 4.30. The van der Waals surface area contributed by atoms with Gasteiger partial charge in [-0.15, -0.1) is 0 Å². The van der Waals surface area contributed by atoms with Gasteiger partial charge >= 0.3 is 0 Å². The van der Waals surface area contributed by atoms with Crippen molar-refractivity contribution < 1.29 is 14.3 Å². The van der Waals surface area contributed by atoms with Crippen molar-refractivity contribution >= 4 is 5.78 Å². The summed E-state index contributed by atoms with van der Waals surface area (Å²) in [4.78, 5) is 15.6. The van der Waals surface area contributed by atoms with E-state index in [-0.39, 0.29) is 17.8 Å². The molecule has 0 radical (unpaired) electrons. The van der Waals surface area contributed by atoms with E-state index in [2.05, 4.69) is 11.8 Å². The zero-order chi connectivity index (χ0) is 19.2. The Morgan fingerprint density at radius 2 is 1.78 bits per heavy atom. The molecule has 0 bridgehead atoms. The smallest absolute Gasteiger partial charge is 0.183 e. The number of ether oxygens (including phenoxy) is 2. The summed E-state index contributed by atoms with van der Waals surface area (Å²) in [6.07, 6.45) is 0.704. The van der Waals surface area contributed by atoms with Crippen LogP contribution in [0.5, 0.6) is 11.5 Å². The van der Waals surface area contributed by atoms with Crippen LogP contribution in [0, 0.1) is 0 Å². The van der Waals surface area contributed by atoms with Crippen molar-refractivity contribution in [2.45, 2.75) is 45.3 Å². The standard InChI is InChI=1S/C23H29NO3/c1-4-13-24-15-21(18-9-8-12-20(14-18)26-17(2)3)23(25)22(16-24)27-19-10-6-5-7-11-19/h5-12,14,17,21-22H,4,13,15-16H2,1-3H3. The normalized spacial score (nSPS) is 20.7. The second-order valence-electron chi connectivity index (χ2n) is 7.37. The fourth-order valence-corrected chi connectivity index (χ4v) is 3.58. The Bertz CT molecular complexity index is 744. The van der Waals surface area contributed by atoms with E-state index in [0.717, 1.165) is 36.6 Å². The maximum Gasteiger partial charge on any atom is 0.183 e. The SMILES string of the molecule is CCCN1CC(Oc2ccccc2)C(=O)C(c2cccc(OC(C)C)c2)C1. The van der Waals surface area contributed by atoms with Gasteiger partial charge in [0.2, 0.25) is 0 Å². The molecular weight excluding hydrogens is 338 g/mol. The molecule has 1 saturated heterocycles. The van der Waals surface area contributed by atoms with E-state index in [1.165, 1.54) is 0 Å². The average molecular weight is 367 g/mol. The van der Waals surface area contributed by atoms with Crippen molar-refractivity contribution in [1.29, 1.82) is 0 Å². The van der Waals surface area contributed by atoms with Crippen LogP contribution in [-0.2, 0) is 4.79 Å². The fraction of sp³-hybridized carbons (Fsp3) is 0.435. The van der Waals surface area contributed by atoms with E-state index < -0.39 is 6.10 Å². The number of ketones is 1. The number of rotatable bonds is 7. The van der Waals surface area contributed by atoms with Crippen LogP contribution in [-0.4, -0.2) is 42.5 Å². The minimum Gasteiger partial charge on any atom is -0.491 e. The van der Waals surface area contributed by atoms with Gasteiger partial charge in [0, 0.05) is 13.1 Å². The molecule has 0 amide bonds. The van der Waals surface area contributed by atoms with Gasteiger partial charge in [0.05, 0.1) is 12.0 Å². The van der Waals surface area contributed by atoms with E-state index in [9.17, 15) is 4.79 Å². The lowest BCUT2D eigenvalue weighted by Crippen LogP contribution is -2.51. The number of carbonyl (C=O) groups is 1. The average Bonchev–Trinajstić information content (AvgIpc) is 2.65. The second-order valence-corrected chi connectivity index (χ2v) is 7.37. The van der Waals surface area contributed by atoms with Crippen molar-refractivity contribution in [3.8, 4) is 11.5 Å². The number of nitrogens with zero attached hydrogens (tertiary/aromatic N) is 1. The first kappa shape index (κ1) is 19.4. The summed E-state index contributed by atoms with van der Waals surface area (Å²) in [5, 5.41) is 0. The highest BCUT2D eigenvalue weighted by Gasteiger charge is 2.37. The molecule has 1 aliphatic rings. The lowest BCUT2D eigenvalue weighted by atomic mass is 9.87. The minimum atomic E-state index is -0.452. The van der Waals surface area contributed by atoms with Crippen LogP contribution < -0.4 is 9.47 Å². The molecule has 2 aromatic rings. The quantitative estimate of drug-likeness (QED) is 0.731. The first-order valence-electron chi connectivity index (χ1n) is 9.81. The molecule has 1 aliphatic heterocycles. The van der Waals surface area contributed by atoms with Crippen molar-refractivity contribution in [2.75, 3.05) is 19.6 Å². The Hall–Kier alpha value is -2.33. The minimum absolute atomic E-state index is 0.105. The first-order chi connectivity index (χ1) is 13.1. The lowest BCUT2D eigenvalue weighted by molar-refractivity contribution is -0.132. The molecule has 0 saturated carbocycles.